The van der Waals surface area contributed by atoms with E-state index in [4.69, 9.17) is 4.74 Å². The van der Waals surface area contributed by atoms with Gasteiger partial charge in [0.25, 0.3) is 11.8 Å². The molecule has 2 aromatic heterocycles. The molecule has 0 atom stereocenters. The highest BCUT2D eigenvalue weighted by Gasteiger charge is 2.18. The first kappa shape index (κ1) is 28.7. The molecule has 40 heavy (non-hydrogen) atoms. The van der Waals surface area contributed by atoms with Crippen LogP contribution < -0.4 is 15.0 Å². The minimum absolute atomic E-state index is 0. The average molecular weight is 618 g/mol. The number of ether oxygens (including phenoxy) is 1. The second-order valence-electron chi connectivity index (χ2n) is 8.75. The molecule has 0 saturated carbocycles. The Kier molecular flexibility index (Phi) is 9.83. The Morgan fingerprint density at radius 2 is 1.60 bits per heavy atom. The Labute approximate surface area is 246 Å². The normalized spacial score (nSPS) is 10.4. The van der Waals surface area contributed by atoms with Gasteiger partial charge in [-0.1, -0.05) is 42.5 Å². The predicted octanol–water partition coefficient (Wildman–Crippen LogP) is 6.47. The van der Waals surface area contributed by atoms with Gasteiger partial charge in [0.2, 0.25) is 0 Å². The summed E-state index contributed by atoms with van der Waals surface area (Å²) in [4.78, 5) is 36.4. The van der Waals surface area contributed by atoms with Crippen molar-refractivity contribution in [1.82, 2.24) is 15.3 Å². The van der Waals surface area contributed by atoms with E-state index in [1.807, 2.05) is 66.7 Å². The van der Waals surface area contributed by atoms with Gasteiger partial charge in [-0.15, -0.1) is 12.4 Å². The monoisotopic (exact) mass is 616 g/mol. The quantitative estimate of drug-likeness (QED) is 0.205. The number of fused-ring (bicyclic) bond motifs is 1. The lowest BCUT2D eigenvalue weighted by Gasteiger charge is -2.23. The number of amides is 2. The van der Waals surface area contributed by atoms with Crippen LogP contribution in [0.3, 0.4) is 0 Å². The SMILES string of the molecule is Cl.O=C(NCCN(C(=O)c1cncc(Br)c1)c1ccccc1)c1ccc(OCc2ccc3ccccc3n2)cc1. The third-order valence-electron chi connectivity index (χ3n) is 6.05. The van der Waals surface area contributed by atoms with Crippen molar-refractivity contribution in [3.63, 3.8) is 0 Å². The fourth-order valence-electron chi connectivity index (χ4n) is 4.07. The van der Waals surface area contributed by atoms with Crippen LogP contribution >= 0.6 is 28.3 Å². The van der Waals surface area contributed by atoms with Gasteiger partial charge in [0, 0.05) is 46.6 Å². The highest BCUT2D eigenvalue weighted by Crippen LogP contribution is 2.19. The summed E-state index contributed by atoms with van der Waals surface area (Å²) in [5.41, 5.74) is 3.44. The van der Waals surface area contributed by atoms with Crippen molar-refractivity contribution in [2.24, 2.45) is 0 Å². The summed E-state index contributed by atoms with van der Waals surface area (Å²) in [5, 5.41) is 3.98. The summed E-state index contributed by atoms with van der Waals surface area (Å²) in [7, 11) is 0. The van der Waals surface area contributed by atoms with Crippen molar-refractivity contribution < 1.29 is 14.3 Å². The van der Waals surface area contributed by atoms with Gasteiger partial charge in [0.1, 0.15) is 12.4 Å². The Hall–Kier alpha value is -4.27. The van der Waals surface area contributed by atoms with Gasteiger partial charge < -0.3 is 15.0 Å². The first-order valence-corrected chi connectivity index (χ1v) is 13.2. The van der Waals surface area contributed by atoms with Crippen molar-refractivity contribution >= 4 is 56.7 Å². The first-order valence-electron chi connectivity index (χ1n) is 12.4. The third kappa shape index (κ3) is 7.22. The van der Waals surface area contributed by atoms with E-state index in [1.165, 1.54) is 6.20 Å². The minimum Gasteiger partial charge on any atom is -0.487 e. The molecule has 9 heteroatoms. The number of rotatable bonds is 9. The van der Waals surface area contributed by atoms with Crippen LogP contribution in [0, 0.1) is 0 Å². The summed E-state index contributed by atoms with van der Waals surface area (Å²) in [6.07, 6.45) is 3.15. The molecule has 1 N–H and O–H groups in total. The average Bonchev–Trinajstić information content (AvgIpc) is 2.98. The maximum atomic E-state index is 13.2. The number of pyridine rings is 2. The molecule has 0 unspecified atom stereocenters. The Morgan fingerprint density at radius 3 is 2.38 bits per heavy atom. The Balaban J connectivity index is 0.00000370. The molecule has 0 aliphatic carbocycles. The summed E-state index contributed by atoms with van der Waals surface area (Å²) in [6.45, 7) is 0.890. The number of carbonyl (C=O) groups is 2. The standard InChI is InChI=1S/C31H25BrN4O3.ClH/c32-25-18-24(19-33-20-25)31(38)36(27-7-2-1-3-8-27)17-16-34-30(37)23-11-14-28(15-12-23)39-21-26-13-10-22-6-4-5-9-29(22)35-26;/h1-15,18-20H,16-17,21H2,(H,34,37);1H. The lowest BCUT2D eigenvalue weighted by Crippen LogP contribution is -2.38. The maximum Gasteiger partial charge on any atom is 0.259 e. The molecule has 0 aliphatic heterocycles. The molecule has 3 aromatic carbocycles. The zero-order valence-electron chi connectivity index (χ0n) is 21.4. The van der Waals surface area contributed by atoms with E-state index in [1.54, 1.807) is 41.4 Å². The van der Waals surface area contributed by atoms with Crippen LogP contribution in [0.15, 0.2) is 114 Å². The summed E-state index contributed by atoms with van der Waals surface area (Å²) in [5.74, 6) is 0.207. The van der Waals surface area contributed by atoms with Gasteiger partial charge >= 0.3 is 0 Å². The predicted molar refractivity (Wildman–Crippen MR) is 162 cm³/mol. The number of benzene rings is 3. The number of aromatic nitrogens is 2. The van der Waals surface area contributed by atoms with Crippen molar-refractivity contribution in [2.45, 2.75) is 6.61 Å². The van der Waals surface area contributed by atoms with Crippen molar-refractivity contribution in [2.75, 3.05) is 18.0 Å². The van der Waals surface area contributed by atoms with Gasteiger partial charge in [0.15, 0.2) is 0 Å². The van der Waals surface area contributed by atoms with Crippen LogP contribution in [-0.4, -0.2) is 34.9 Å². The van der Waals surface area contributed by atoms with Crippen LogP contribution in [0.1, 0.15) is 26.4 Å². The second kappa shape index (κ2) is 13.7. The van der Waals surface area contributed by atoms with Crippen molar-refractivity contribution in [3.8, 4) is 5.75 Å². The number of nitrogens with one attached hydrogen (secondary N) is 1. The largest absolute Gasteiger partial charge is 0.487 e. The molecule has 0 fully saturated rings. The molecule has 0 spiro atoms. The molecule has 0 bridgehead atoms. The molecule has 5 rings (SSSR count). The van der Waals surface area contributed by atoms with Crippen molar-refractivity contribution in [3.05, 3.63) is 131 Å². The highest BCUT2D eigenvalue weighted by atomic mass is 79.9. The number of nitrogens with zero attached hydrogens (tertiary/aromatic N) is 3. The molecule has 0 saturated heterocycles. The van der Waals surface area contributed by atoms with E-state index < -0.39 is 0 Å². The van der Waals surface area contributed by atoms with Crippen LogP contribution in [0.2, 0.25) is 0 Å². The maximum absolute atomic E-state index is 13.2. The van der Waals surface area contributed by atoms with Crippen LogP contribution in [-0.2, 0) is 6.61 Å². The summed E-state index contributed by atoms with van der Waals surface area (Å²) in [6, 6.07) is 29.9. The molecule has 5 aromatic rings. The molecule has 7 nitrogen and oxygen atoms in total. The van der Waals surface area contributed by atoms with Gasteiger partial charge in [-0.2, -0.15) is 0 Å². The summed E-state index contributed by atoms with van der Waals surface area (Å²) >= 11 is 3.37. The number of para-hydroxylation sites is 2. The van der Waals surface area contributed by atoms with Crippen molar-refractivity contribution in [1.29, 1.82) is 0 Å². The second-order valence-corrected chi connectivity index (χ2v) is 9.66. The molecule has 0 aliphatic rings. The van der Waals surface area contributed by atoms with Gasteiger partial charge in [-0.25, -0.2) is 4.98 Å². The third-order valence-corrected chi connectivity index (χ3v) is 6.48. The van der Waals surface area contributed by atoms with E-state index in [-0.39, 0.29) is 30.8 Å². The lowest BCUT2D eigenvalue weighted by molar-refractivity contribution is 0.0943. The van der Waals surface area contributed by atoms with Crippen LogP contribution in [0.5, 0.6) is 5.75 Å². The van der Waals surface area contributed by atoms with Gasteiger partial charge in [-0.3, -0.25) is 14.6 Å². The summed E-state index contributed by atoms with van der Waals surface area (Å²) < 4.78 is 6.59. The van der Waals surface area contributed by atoms with E-state index >= 15 is 0 Å². The fourth-order valence-corrected chi connectivity index (χ4v) is 4.44. The molecular weight excluding hydrogens is 592 g/mol. The lowest BCUT2D eigenvalue weighted by atomic mass is 10.2. The highest BCUT2D eigenvalue weighted by molar-refractivity contribution is 9.10. The fraction of sp³-hybridized carbons (Fsp3) is 0.0968. The zero-order valence-corrected chi connectivity index (χ0v) is 23.8. The number of halogens is 2. The van der Waals surface area contributed by atoms with Crippen LogP contribution in [0.4, 0.5) is 5.69 Å². The molecule has 2 amide bonds. The van der Waals surface area contributed by atoms with Crippen LogP contribution in [0.25, 0.3) is 10.9 Å². The molecular formula is C31H26BrClN4O3. The first-order chi connectivity index (χ1) is 19.1. The Bertz CT molecular complexity index is 1600. The Morgan fingerprint density at radius 1 is 0.850 bits per heavy atom. The number of hydrogen-bond acceptors (Lipinski definition) is 5. The topological polar surface area (TPSA) is 84.4 Å². The van der Waals surface area contributed by atoms with E-state index in [9.17, 15) is 9.59 Å². The number of anilines is 1. The van der Waals surface area contributed by atoms with E-state index in [2.05, 4.69) is 31.2 Å². The van der Waals surface area contributed by atoms with E-state index in [0.717, 1.165) is 26.8 Å². The number of hydrogen-bond donors (Lipinski definition) is 1. The molecule has 0 radical (unpaired) electrons. The molecule has 2 heterocycles. The smallest absolute Gasteiger partial charge is 0.259 e. The number of carbonyl (C=O) groups excluding carboxylic acids is 2. The molecule has 202 valence electrons. The minimum atomic E-state index is -0.234. The zero-order chi connectivity index (χ0) is 27.0. The van der Waals surface area contributed by atoms with E-state index in [0.29, 0.717) is 30.0 Å². The van der Waals surface area contributed by atoms with Gasteiger partial charge in [-0.05, 0) is 70.5 Å². The van der Waals surface area contributed by atoms with Gasteiger partial charge in [0.05, 0.1) is 16.8 Å².